The molecule has 6 fully saturated rings. The Labute approximate surface area is 193 Å². The van der Waals surface area contributed by atoms with Crippen LogP contribution in [0.1, 0.15) is 79.1 Å². The molecule has 2 aliphatic heterocycles. The number of hydrogen-bond acceptors (Lipinski definition) is 5. The Bertz CT molecular complexity index is 744. The molecule has 0 bridgehead atoms. The molecule has 2 heterocycles. The van der Waals surface area contributed by atoms with Crippen LogP contribution in [0.3, 0.4) is 0 Å². The first-order valence-corrected chi connectivity index (χ1v) is 13.5. The van der Waals surface area contributed by atoms with E-state index in [1.165, 1.54) is 19.3 Å². The molecule has 0 aromatic rings. The van der Waals surface area contributed by atoms with Gasteiger partial charge in [-0.25, -0.2) is 0 Å². The fourth-order valence-corrected chi connectivity index (χ4v) is 10.3. The standard InChI is InChI=1S/C27H44O5/c1-14-7-10-27(31-13-14)15(2)22-21(32-27)12-19-17-6-5-16-11-20(28)23(29)24(30)26(16,4)18(17)8-9-25(19,22)3/h14-24,28-30H,5-13H2,1-4H3/t14-,15+,16-,17-,18+,19+,20+,21+,22+,23-,24-,25+,26+,27?/m1/s1. The van der Waals surface area contributed by atoms with Crippen LogP contribution in [-0.2, 0) is 9.47 Å². The second kappa shape index (κ2) is 7.16. The lowest BCUT2D eigenvalue weighted by Crippen LogP contribution is -2.64. The molecule has 0 aromatic carbocycles. The third-order valence-electron chi connectivity index (χ3n) is 12.1. The molecular formula is C27H44O5. The fraction of sp³-hybridized carbons (Fsp3) is 1.00. The molecule has 182 valence electrons. The van der Waals surface area contributed by atoms with Crippen LogP contribution in [0.15, 0.2) is 0 Å². The summed E-state index contributed by atoms with van der Waals surface area (Å²) < 4.78 is 13.3. The van der Waals surface area contributed by atoms with Gasteiger partial charge in [0.1, 0.15) is 6.10 Å². The monoisotopic (exact) mass is 448 g/mol. The van der Waals surface area contributed by atoms with Gasteiger partial charge in [-0.05, 0) is 85.9 Å². The minimum absolute atomic E-state index is 0.266. The highest BCUT2D eigenvalue weighted by molar-refractivity contribution is 5.17. The van der Waals surface area contributed by atoms with Crippen molar-refractivity contribution in [1.29, 1.82) is 0 Å². The van der Waals surface area contributed by atoms with Gasteiger partial charge < -0.3 is 24.8 Å². The van der Waals surface area contributed by atoms with Gasteiger partial charge in [0.25, 0.3) is 0 Å². The zero-order chi connectivity index (χ0) is 22.6. The van der Waals surface area contributed by atoms with Crippen LogP contribution in [0.2, 0.25) is 0 Å². The highest BCUT2D eigenvalue weighted by Gasteiger charge is 2.70. The Morgan fingerprint density at radius 3 is 2.38 bits per heavy atom. The average molecular weight is 449 g/mol. The van der Waals surface area contributed by atoms with E-state index in [4.69, 9.17) is 9.47 Å². The van der Waals surface area contributed by atoms with E-state index in [9.17, 15) is 15.3 Å². The topological polar surface area (TPSA) is 79.2 Å². The molecule has 0 amide bonds. The first kappa shape index (κ1) is 22.3. The summed E-state index contributed by atoms with van der Waals surface area (Å²) in [5.41, 5.74) is -0.0287. The Balaban J connectivity index is 1.28. The van der Waals surface area contributed by atoms with Crippen molar-refractivity contribution in [2.24, 2.45) is 52.3 Å². The fourth-order valence-electron chi connectivity index (χ4n) is 10.3. The van der Waals surface area contributed by atoms with Crippen LogP contribution in [-0.4, -0.2) is 52.1 Å². The first-order valence-electron chi connectivity index (χ1n) is 13.5. The lowest BCUT2D eigenvalue weighted by molar-refractivity contribution is -0.274. The maximum atomic E-state index is 11.2. The molecule has 5 nitrogen and oxygen atoms in total. The van der Waals surface area contributed by atoms with Crippen LogP contribution in [0.4, 0.5) is 0 Å². The van der Waals surface area contributed by atoms with E-state index in [1.807, 2.05) is 0 Å². The summed E-state index contributed by atoms with van der Waals surface area (Å²) in [6, 6.07) is 0. The predicted molar refractivity (Wildman–Crippen MR) is 121 cm³/mol. The summed E-state index contributed by atoms with van der Waals surface area (Å²) in [4.78, 5) is 0. The quantitative estimate of drug-likeness (QED) is 0.526. The summed E-state index contributed by atoms with van der Waals surface area (Å²) in [6.45, 7) is 10.2. The van der Waals surface area contributed by atoms with E-state index >= 15 is 0 Å². The van der Waals surface area contributed by atoms with Gasteiger partial charge in [0.2, 0.25) is 0 Å². The van der Waals surface area contributed by atoms with E-state index in [-0.39, 0.29) is 16.6 Å². The van der Waals surface area contributed by atoms with E-state index in [1.54, 1.807) is 0 Å². The van der Waals surface area contributed by atoms with Gasteiger partial charge in [-0.2, -0.15) is 0 Å². The zero-order valence-corrected chi connectivity index (χ0v) is 20.4. The molecular weight excluding hydrogens is 404 g/mol. The van der Waals surface area contributed by atoms with Crippen LogP contribution < -0.4 is 0 Å². The summed E-state index contributed by atoms with van der Waals surface area (Å²) in [5, 5.41) is 32.1. The average Bonchev–Trinajstić information content (AvgIpc) is 3.21. The zero-order valence-electron chi connectivity index (χ0n) is 20.4. The lowest BCUT2D eigenvalue weighted by atomic mass is 9.43. The lowest BCUT2D eigenvalue weighted by Gasteiger charge is -2.63. The molecule has 6 rings (SSSR count). The molecule has 4 aliphatic carbocycles. The first-order chi connectivity index (χ1) is 15.1. The van der Waals surface area contributed by atoms with Gasteiger partial charge in [-0.3, -0.25) is 0 Å². The second-order valence-corrected chi connectivity index (χ2v) is 13.3. The normalized spacial score (nSPS) is 64.0. The highest BCUT2D eigenvalue weighted by atomic mass is 16.7. The smallest absolute Gasteiger partial charge is 0.171 e. The predicted octanol–water partition coefficient (Wildman–Crippen LogP) is 3.74. The SMILES string of the molecule is C[C@@H]1CCC2(OC1)O[C@H]1C[C@H]3[C@@H]4CC[C@@H]5C[C@H](O)[C@@H](O)[C@@H](O)[C@]5(C)[C@H]4CC[C@]3(C)[C@H]1[C@@H]2C. The largest absolute Gasteiger partial charge is 0.390 e. The Morgan fingerprint density at radius 1 is 0.875 bits per heavy atom. The summed E-state index contributed by atoms with van der Waals surface area (Å²) in [5.74, 6) is 3.17. The van der Waals surface area contributed by atoms with Crippen LogP contribution in [0, 0.1) is 52.3 Å². The molecule has 0 radical (unpaired) electrons. The number of aliphatic hydroxyl groups excluding tert-OH is 3. The highest BCUT2D eigenvalue weighted by Crippen LogP contribution is 2.71. The molecule has 14 atom stereocenters. The van der Waals surface area contributed by atoms with Gasteiger partial charge in [0, 0.05) is 17.8 Å². The summed E-state index contributed by atoms with van der Waals surface area (Å²) >= 11 is 0. The molecule has 2 saturated heterocycles. The van der Waals surface area contributed by atoms with Gasteiger partial charge >= 0.3 is 0 Å². The van der Waals surface area contributed by atoms with Crippen molar-refractivity contribution in [3.05, 3.63) is 0 Å². The van der Waals surface area contributed by atoms with E-state index in [2.05, 4.69) is 27.7 Å². The van der Waals surface area contributed by atoms with Crippen molar-refractivity contribution in [2.75, 3.05) is 6.61 Å². The maximum absolute atomic E-state index is 11.2. The van der Waals surface area contributed by atoms with Crippen LogP contribution in [0.5, 0.6) is 0 Å². The number of rotatable bonds is 0. The van der Waals surface area contributed by atoms with E-state index in [0.29, 0.717) is 54.0 Å². The Kier molecular flexibility index (Phi) is 4.99. The van der Waals surface area contributed by atoms with E-state index in [0.717, 1.165) is 32.3 Å². The number of aliphatic hydroxyl groups is 3. The van der Waals surface area contributed by atoms with Crippen LogP contribution in [0.25, 0.3) is 0 Å². The van der Waals surface area contributed by atoms with Crippen LogP contribution >= 0.6 is 0 Å². The van der Waals surface area contributed by atoms with Gasteiger partial charge in [0.05, 0.1) is 24.9 Å². The molecule has 4 saturated carbocycles. The van der Waals surface area contributed by atoms with Gasteiger partial charge in [-0.15, -0.1) is 0 Å². The minimum Gasteiger partial charge on any atom is -0.390 e. The van der Waals surface area contributed by atoms with Gasteiger partial charge in [-0.1, -0.05) is 27.7 Å². The maximum Gasteiger partial charge on any atom is 0.171 e. The number of ether oxygens (including phenoxy) is 2. The minimum atomic E-state index is -1.01. The molecule has 32 heavy (non-hydrogen) atoms. The Morgan fingerprint density at radius 2 is 1.66 bits per heavy atom. The second-order valence-electron chi connectivity index (χ2n) is 13.3. The Hall–Kier alpha value is -0.200. The molecule has 3 N–H and O–H groups in total. The third kappa shape index (κ3) is 2.69. The summed E-state index contributed by atoms with van der Waals surface area (Å²) in [6.07, 6.45) is 6.17. The van der Waals surface area contributed by atoms with Crippen molar-refractivity contribution in [2.45, 2.75) is 109 Å². The van der Waals surface area contributed by atoms with Gasteiger partial charge in [0.15, 0.2) is 5.79 Å². The molecule has 0 aromatic heterocycles. The van der Waals surface area contributed by atoms with Crippen molar-refractivity contribution < 1.29 is 24.8 Å². The molecule has 1 unspecified atom stereocenters. The number of hydrogen-bond donors (Lipinski definition) is 3. The number of fused-ring (bicyclic) bond motifs is 7. The molecule has 1 spiro atoms. The van der Waals surface area contributed by atoms with Crippen molar-refractivity contribution >= 4 is 0 Å². The van der Waals surface area contributed by atoms with Crippen molar-refractivity contribution in [1.82, 2.24) is 0 Å². The van der Waals surface area contributed by atoms with E-state index < -0.39 is 18.3 Å². The summed E-state index contributed by atoms with van der Waals surface area (Å²) in [7, 11) is 0. The third-order valence-corrected chi connectivity index (χ3v) is 12.1. The van der Waals surface area contributed by atoms with Crippen molar-refractivity contribution in [3.63, 3.8) is 0 Å². The molecule has 6 aliphatic rings. The molecule has 5 heteroatoms. The van der Waals surface area contributed by atoms with Crippen molar-refractivity contribution in [3.8, 4) is 0 Å².